The minimum atomic E-state index is -4.71. The average Bonchev–Trinajstić information content (AvgIpc) is 2.66. The highest BCUT2D eigenvalue weighted by atomic mass is 32.2. The van der Waals surface area contributed by atoms with E-state index in [4.69, 9.17) is 9.47 Å². The van der Waals surface area contributed by atoms with Gasteiger partial charge >= 0.3 is 6.18 Å². The Hall–Kier alpha value is -3.20. The second kappa shape index (κ2) is 6.70. The van der Waals surface area contributed by atoms with Gasteiger partial charge in [-0.2, -0.15) is 13.2 Å². The lowest BCUT2D eigenvalue weighted by molar-refractivity contribution is -0.137. The van der Waals surface area contributed by atoms with E-state index in [0.717, 1.165) is 11.6 Å². The van der Waals surface area contributed by atoms with Gasteiger partial charge in [0.1, 0.15) is 0 Å². The predicted molar refractivity (Wildman–Crippen MR) is 100 cm³/mol. The number of hydrogen-bond donors (Lipinski definition) is 1. The third-order valence-corrected chi connectivity index (χ3v) is 5.62. The Bertz CT molecular complexity index is 1190. The third-order valence-electron chi connectivity index (χ3n) is 4.24. The van der Waals surface area contributed by atoms with E-state index in [0.29, 0.717) is 6.07 Å². The zero-order valence-electron chi connectivity index (χ0n) is 14.9. The normalized spacial score (nSPS) is 13.0. The van der Waals surface area contributed by atoms with Gasteiger partial charge in [-0.25, -0.2) is 8.42 Å². The van der Waals surface area contributed by atoms with Crippen LogP contribution in [-0.4, -0.2) is 8.42 Å². The smallest absolute Gasteiger partial charge is 0.416 e. The van der Waals surface area contributed by atoms with Crippen molar-refractivity contribution in [1.82, 2.24) is 0 Å². The van der Waals surface area contributed by atoms with Crippen LogP contribution in [0.3, 0.4) is 0 Å². The topological polar surface area (TPSA) is 64.6 Å². The molecule has 1 heterocycles. The maximum absolute atomic E-state index is 13.4. The summed E-state index contributed by atoms with van der Waals surface area (Å²) < 4.78 is 78.9. The number of aryl methyl sites for hydroxylation is 1. The van der Waals surface area contributed by atoms with Crippen LogP contribution in [0, 0.1) is 6.92 Å². The van der Waals surface area contributed by atoms with E-state index in [1.807, 2.05) is 0 Å². The number of ether oxygens (including phenoxy) is 2. The molecule has 5 nitrogen and oxygen atoms in total. The highest BCUT2D eigenvalue weighted by Gasteiger charge is 2.35. The number of nitrogens with one attached hydrogen (secondary N) is 1. The van der Waals surface area contributed by atoms with Crippen LogP contribution >= 0.6 is 0 Å². The summed E-state index contributed by atoms with van der Waals surface area (Å²) in [6, 6.07) is 13.8. The van der Waals surface area contributed by atoms with Crippen LogP contribution in [0.4, 0.5) is 18.9 Å². The monoisotopic (exact) mass is 421 g/mol. The molecule has 0 fully saturated rings. The number of benzene rings is 3. The van der Waals surface area contributed by atoms with E-state index >= 15 is 0 Å². The third kappa shape index (κ3) is 3.73. The molecule has 1 aliphatic heterocycles. The summed E-state index contributed by atoms with van der Waals surface area (Å²) >= 11 is 0. The van der Waals surface area contributed by atoms with Crippen molar-refractivity contribution in [3.05, 3.63) is 71.8 Å². The van der Waals surface area contributed by atoms with Gasteiger partial charge in [0.05, 0.1) is 16.1 Å². The van der Waals surface area contributed by atoms with E-state index in [1.165, 1.54) is 18.2 Å². The first-order valence-electron chi connectivity index (χ1n) is 8.43. The maximum Gasteiger partial charge on any atom is 0.416 e. The molecule has 150 valence electrons. The van der Waals surface area contributed by atoms with Gasteiger partial charge in [-0.3, -0.25) is 4.72 Å². The Morgan fingerprint density at radius 3 is 2.10 bits per heavy atom. The fraction of sp³-hybridized carbons (Fsp3) is 0.100. The molecule has 0 radical (unpaired) electrons. The van der Waals surface area contributed by atoms with Crippen LogP contribution in [0.2, 0.25) is 0 Å². The van der Waals surface area contributed by atoms with E-state index in [9.17, 15) is 21.6 Å². The van der Waals surface area contributed by atoms with E-state index in [2.05, 4.69) is 4.72 Å². The molecule has 0 atom stereocenters. The number of fused-ring (bicyclic) bond motifs is 2. The van der Waals surface area contributed by atoms with Crippen molar-refractivity contribution in [2.75, 3.05) is 4.72 Å². The van der Waals surface area contributed by atoms with E-state index in [1.54, 1.807) is 37.3 Å². The fourth-order valence-corrected chi connectivity index (χ4v) is 3.84. The molecule has 0 aliphatic carbocycles. The van der Waals surface area contributed by atoms with Gasteiger partial charge in [0.2, 0.25) is 0 Å². The summed E-state index contributed by atoms with van der Waals surface area (Å²) in [5.41, 5.74) is -0.598. The Labute approximate surface area is 164 Å². The Morgan fingerprint density at radius 2 is 1.48 bits per heavy atom. The highest BCUT2D eigenvalue weighted by Crippen LogP contribution is 2.51. The van der Waals surface area contributed by atoms with Gasteiger partial charge in [-0.1, -0.05) is 29.8 Å². The van der Waals surface area contributed by atoms with Gasteiger partial charge in [0.25, 0.3) is 10.0 Å². The first kappa shape index (κ1) is 19.1. The molecule has 0 bridgehead atoms. The van der Waals surface area contributed by atoms with Crippen molar-refractivity contribution in [1.29, 1.82) is 0 Å². The first-order valence-corrected chi connectivity index (χ1v) is 9.91. The molecule has 4 rings (SSSR count). The minimum Gasteiger partial charge on any atom is -0.449 e. The molecule has 0 spiro atoms. The number of anilines is 1. The summed E-state index contributed by atoms with van der Waals surface area (Å²) in [4.78, 5) is -0.0913. The molecule has 1 N–H and O–H groups in total. The molecule has 0 amide bonds. The lowest BCUT2D eigenvalue weighted by atomic mass is 10.1. The second-order valence-electron chi connectivity index (χ2n) is 6.42. The maximum atomic E-state index is 13.4. The molecule has 1 aliphatic rings. The van der Waals surface area contributed by atoms with Gasteiger partial charge < -0.3 is 9.47 Å². The number of sulfonamides is 1. The molecule has 29 heavy (non-hydrogen) atoms. The zero-order valence-corrected chi connectivity index (χ0v) is 15.8. The molecule has 9 heteroatoms. The molecule has 0 aromatic heterocycles. The van der Waals surface area contributed by atoms with Crippen LogP contribution < -0.4 is 14.2 Å². The van der Waals surface area contributed by atoms with Gasteiger partial charge in [-0.05, 0) is 43.3 Å². The summed E-state index contributed by atoms with van der Waals surface area (Å²) in [5.74, 6) is 0.106. The minimum absolute atomic E-state index is 0.0913. The molecule has 0 unspecified atom stereocenters. The number of rotatable bonds is 3. The van der Waals surface area contributed by atoms with Gasteiger partial charge in [-0.15, -0.1) is 0 Å². The summed E-state index contributed by atoms with van der Waals surface area (Å²) in [5, 5.41) is 0. The highest BCUT2D eigenvalue weighted by molar-refractivity contribution is 7.92. The van der Waals surface area contributed by atoms with E-state index < -0.39 is 21.8 Å². The Balaban J connectivity index is 1.81. The number of halogens is 3. The van der Waals surface area contributed by atoms with Crippen LogP contribution in [0.25, 0.3) is 0 Å². The van der Waals surface area contributed by atoms with Crippen molar-refractivity contribution in [3.8, 4) is 23.0 Å². The van der Waals surface area contributed by atoms with Crippen LogP contribution in [0.15, 0.2) is 65.6 Å². The average molecular weight is 421 g/mol. The van der Waals surface area contributed by atoms with Crippen molar-refractivity contribution < 1.29 is 31.1 Å². The summed E-state index contributed by atoms with van der Waals surface area (Å²) in [6.45, 7) is 1.79. The second-order valence-corrected chi connectivity index (χ2v) is 8.10. The molecule has 3 aromatic rings. The summed E-state index contributed by atoms with van der Waals surface area (Å²) in [6.07, 6.45) is -4.71. The number of hydrogen-bond acceptors (Lipinski definition) is 4. The largest absolute Gasteiger partial charge is 0.449 e. The predicted octanol–water partition coefficient (Wildman–Crippen LogP) is 5.71. The van der Waals surface area contributed by atoms with Crippen LogP contribution in [-0.2, 0) is 16.2 Å². The van der Waals surface area contributed by atoms with Crippen molar-refractivity contribution in [2.24, 2.45) is 0 Å². The van der Waals surface area contributed by atoms with Crippen molar-refractivity contribution in [2.45, 2.75) is 18.0 Å². The standard InChI is InChI=1S/C20H14F3NO4S/c1-12-6-8-14(9-7-12)29(25,26)24-15-10-13(20(21,22)23)11-18-19(15)28-17-5-3-2-4-16(17)27-18/h2-11,24H,1H3. The Morgan fingerprint density at radius 1 is 0.862 bits per heavy atom. The lowest BCUT2D eigenvalue weighted by Gasteiger charge is -2.24. The van der Waals surface area contributed by atoms with Crippen LogP contribution in [0.1, 0.15) is 11.1 Å². The molecule has 0 saturated carbocycles. The fourth-order valence-electron chi connectivity index (χ4n) is 2.79. The SMILES string of the molecule is Cc1ccc(S(=O)(=O)Nc2cc(C(F)(F)F)cc3c2Oc2ccccc2O3)cc1. The number of alkyl halides is 3. The van der Waals surface area contributed by atoms with E-state index in [-0.39, 0.29) is 33.6 Å². The lowest BCUT2D eigenvalue weighted by Crippen LogP contribution is -2.16. The van der Waals surface area contributed by atoms with Crippen molar-refractivity contribution in [3.63, 3.8) is 0 Å². The van der Waals surface area contributed by atoms with Crippen molar-refractivity contribution >= 4 is 15.7 Å². The zero-order chi connectivity index (χ0) is 20.8. The van der Waals surface area contributed by atoms with Crippen LogP contribution in [0.5, 0.6) is 23.0 Å². The molecular weight excluding hydrogens is 407 g/mol. The molecular formula is C20H14F3NO4S. The quantitative estimate of drug-likeness (QED) is 0.460. The number of para-hydroxylation sites is 2. The Kier molecular flexibility index (Phi) is 4.42. The summed E-state index contributed by atoms with van der Waals surface area (Å²) in [7, 11) is -4.16. The molecule has 3 aromatic carbocycles. The van der Waals surface area contributed by atoms with Gasteiger partial charge in [0.15, 0.2) is 23.0 Å². The first-order chi connectivity index (χ1) is 13.6. The van der Waals surface area contributed by atoms with Gasteiger partial charge in [0, 0.05) is 0 Å². The molecule has 0 saturated heterocycles.